The Balaban J connectivity index is 1.38. The van der Waals surface area contributed by atoms with Gasteiger partial charge in [-0.1, -0.05) is 19.9 Å². The van der Waals surface area contributed by atoms with Crippen LogP contribution in [0.15, 0.2) is 18.2 Å². The summed E-state index contributed by atoms with van der Waals surface area (Å²) < 4.78 is 6.43. The Bertz CT molecular complexity index is 852. The van der Waals surface area contributed by atoms with Crippen molar-refractivity contribution in [3.05, 3.63) is 29.6 Å². The molecule has 3 heterocycles. The number of ether oxygens (including phenoxy) is 1. The number of aliphatic hydroxyl groups is 1. The minimum atomic E-state index is -0.298. The quantitative estimate of drug-likeness (QED) is 0.851. The average molecular weight is 386 g/mol. The topological polar surface area (TPSA) is 78.5 Å². The maximum atomic E-state index is 12.8. The van der Waals surface area contributed by atoms with E-state index >= 15 is 0 Å². The van der Waals surface area contributed by atoms with E-state index < -0.39 is 0 Å². The molecule has 1 spiro atoms. The second kappa shape index (κ2) is 7.48. The molecule has 0 unspecified atom stereocenters. The molecule has 1 aromatic carbocycles. The number of piperidine rings is 1. The van der Waals surface area contributed by atoms with E-state index in [2.05, 4.69) is 23.8 Å². The number of nitrogens with zero attached hydrogens (tertiary/aromatic N) is 2. The van der Waals surface area contributed by atoms with Crippen molar-refractivity contribution in [2.24, 2.45) is 5.92 Å². The number of H-pyrrole nitrogens is 1. The van der Waals surface area contributed by atoms with E-state index in [1.54, 1.807) is 0 Å². The number of fused-ring (bicyclic) bond motifs is 1. The highest BCUT2D eigenvalue weighted by molar-refractivity contribution is 5.82. The molecule has 0 bridgehead atoms. The summed E-state index contributed by atoms with van der Waals surface area (Å²) in [4.78, 5) is 22.4. The van der Waals surface area contributed by atoms with Crippen molar-refractivity contribution in [2.75, 3.05) is 13.1 Å². The second-order valence-corrected chi connectivity index (χ2v) is 8.91. The van der Waals surface area contributed by atoms with Gasteiger partial charge in [-0.05, 0) is 49.8 Å². The van der Waals surface area contributed by atoms with E-state index in [-0.39, 0.29) is 23.7 Å². The van der Waals surface area contributed by atoms with Gasteiger partial charge < -0.3 is 19.7 Å². The summed E-state index contributed by atoms with van der Waals surface area (Å²) in [5.41, 5.74) is 2.65. The molecule has 2 aliphatic heterocycles. The zero-order valence-corrected chi connectivity index (χ0v) is 17.1. The van der Waals surface area contributed by atoms with Crippen molar-refractivity contribution in [3.63, 3.8) is 0 Å². The fourth-order valence-corrected chi connectivity index (χ4v) is 4.67. The molecule has 1 aromatic heterocycles. The number of hydrogen-bond donors (Lipinski definition) is 2. The van der Waals surface area contributed by atoms with E-state index in [9.17, 15) is 9.90 Å². The van der Waals surface area contributed by atoms with E-state index in [4.69, 9.17) is 4.74 Å². The number of likely N-dealkylation sites (tertiary alicyclic amines) is 1. The summed E-state index contributed by atoms with van der Waals surface area (Å²) in [5, 5.41) is 10.3. The Hall–Kier alpha value is -1.92. The molecule has 2 fully saturated rings. The van der Waals surface area contributed by atoms with Crippen LogP contribution < -0.4 is 0 Å². The van der Waals surface area contributed by atoms with Gasteiger partial charge in [-0.25, -0.2) is 4.98 Å². The molecule has 2 aliphatic rings. The monoisotopic (exact) mass is 385 g/mol. The molecule has 2 atom stereocenters. The largest absolute Gasteiger partial charge is 0.393 e. The van der Waals surface area contributed by atoms with Gasteiger partial charge in [0.2, 0.25) is 5.91 Å². The van der Waals surface area contributed by atoms with Gasteiger partial charge in [0.15, 0.2) is 0 Å². The third kappa shape index (κ3) is 3.94. The second-order valence-electron chi connectivity index (χ2n) is 8.91. The van der Waals surface area contributed by atoms with Gasteiger partial charge in [-0.2, -0.15) is 0 Å². The molecule has 0 aliphatic carbocycles. The smallest absolute Gasteiger partial charge is 0.226 e. The minimum Gasteiger partial charge on any atom is -0.393 e. The van der Waals surface area contributed by atoms with E-state index in [1.807, 2.05) is 30.0 Å². The van der Waals surface area contributed by atoms with Crippen LogP contribution in [0.1, 0.15) is 50.9 Å². The number of aliphatic hydroxyl groups excluding tert-OH is 1. The zero-order chi connectivity index (χ0) is 19.9. The first kappa shape index (κ1) is 19.4. The Kier molecular flexibility index (Phi) is 5.19. The molecule has 152 valence electrons. The van der Waals surface area contributed by atoms with Crippen LogP contribution >= 0.6 is 0 Å². The predicted octanol–water partition coefficient (Wildman–Crippen LogP) is 2.97. The van der Waals surface area contributed by atoms with Crippen molar-refractivity contribution < 1.29 is 14.6 Å². The van der Waals surface area contributed by atoms with Crippen molar-refractivity contribution >= 4 is 16.9 Å². The highest BCUT2D eigenvalue weighted by atomic mass is 16.5. The lowest BCUT2D eigenvalue weighted by molar-refractivity contribution is -0.193. The molecular formula is C22H31N3O3. The van der Waals surface area contributed by atoms with Crippen molar-refractivity contribution in [1.29, 1.82) is 0 Å². The van der Waals surface area contributed by atoms with Crippen LogP contribution in [-0.4, -0.2) is 56.8 Å². The number of aromatic nitrogens is 2. The standard InChI is InChI=1S/C22H31N3O3/c1-14(2)20-12-17(26)13-22(28-20)6-8-25(9-7-22)21(27)11-16-4-5-18-19(10-16)24-15(3)23-18/h4-5,10,14,17,20,26H,6-9,11-13H2,1-3H3,(H,23,24)/t17-,20-/m1/s1. The lowest BCUT2D eigenvalue weighted by atomic mass is 9.80. The Labute approximate surface area is 166 Å². The average Bonchev–Trinajstić information content (AvgIpc) is 3.01. The van der Waals surface area contributed by atoms with Crippen LogP contribution in [0.5, 0.6) is 0 Å². The number of carbonyl (C=O) groups excluding carboxylic acids is 1. The van der Waals surface area contributed by atoms with Gasteiger partial charge >= 0.3 is 0 Å². The lowest BCUT2D eigenvalue weighted by Gasteiger charge is -2.48. The number of rotatable bonds is 3. The zero-order valence-electron chi connectivity index (χ0n) is 17.1. The van der Waals surface area contributed by atoms with Crippen LogP contribution in [-0.2, 0) is 16.0 Å². The van der Waals surface area contributed by atoms with Gasteiger partial charge in [0.1, 0.15) is 5.82 Å². The van der Waals surface area contributed by atoms with E-state index in [1.165, 1.54) is 0 Å². The molecule has 2 N–H and O–H groups in total. The molecule has 4 rings (SSSR count). The highest BCUT2D eigenvalue weighted by Gasteiger charge is 2.44. The van der Waals surface area contributed by atoms with Gasteiger partial charge in [0.05, 0.1) is 35.3 Å². The molecular weight excluding hydrogens is 354 g/mol. The van der Waals surface area contributed by atoms with Gasteiger partial charge in [-0.15, -0.1) is 0 Å². The maximum absolute atomic E-state index is 12.8. The fourth-order valence-electron chi connectivity index (χ4n) is 4.67. The number of amides is 1. The molecule has 1 amide bonds. The maximum Gasteiger partial charge on any atom is 0.226 e. The van der Waals surface area contributed by atoms with Crippen molar-refractivity contribution in [3.8, 4) is 0 Å². The van der Waals surface area contributed by atoms with Gasteiger partial charge in [0, 0.05) is 19.5 Å². The van der Waals surface area contributed by atoms with Gasteiger partial charge in [0.25, 0.3) is 0 Å². The SMILES string of the molecule is Cc1nc2ccc(CC(=O)N3CCC4(CC3)C[C@H](O)C[C@H](C(C)C)O4)cc2[nH]1. The number of benzene rings is 1. The summed E-state index contributed by atoms with van der Waals surface area (Å²) in [6.45, 7) is 7.62. The third-order valence-electron chi connectivity index (χ3n) is 6.30. The first-order valence-corrected chi connectivity index (χ1v) is 10.4. The summed E-state index contributed by atoms with van der Waals surface area (Å²) in [6, 6.07) is 5.97. The lowest BCUT2D eigenvalue weighted by Crippen LogP contribution is -2.54. The molecule has 2 saturated heterocycles. The number of aromatic amines is 1. The number of nitrogens with one attached hydrogen (secondary N) is 1. The first-order chi connectivity index (χ1) is 13.3. The third-order valence-corrected chi connectivity index (χ3v) is 6.30. The van der Waals surface area contributed by atoms with Gasteiger partial charge in [-0.3, -0.25) is 4.79 Å². The summed E-state index contributed by atoms with van der Waals surface area (Å²) in [7, 11) is 0. The summed E-state index contributed by atoms with van der Waals surface area (Å²) >= 11 is 0. The van der Waals surface area contributed by atoms with Crippen LogP contribution in [0.2, 0.25) is 0 Å². The highest BCUT2D eigenvalue weighted by Crippen LogP contribution is 2.39. The normalized spacial score (nSPS) is 25.0. The minimum absolute atomic E-state index is 0.107. The molecule has 0 saturated carbocycles. The fraction of sp³-hybridized carbons (Fsp3) is 0.636. The number of aryl methyl sites for hydroxylation is 1. The Morgan fingerprint density at radius 1 is 1.39 bits per heavy atom. The van der Waals surface area contributed by atoms with Crippen LogP contribution in [0.25, 0.3) is 11.0 Å². The molecule has 0 radical (unpaired) electrons. The molecule has 2 aromatic rings. The predicted molar refractivity (Wildman–Crippen MR) is 108 cm³/mol. The summed E-state index contributed by atoms with van der Waals surface area (Å²) in [5.74, 6) is 1.43. The number of carbonyl (C=O) groups is 1. The van der Waals surface area contributed by atoms with Crippen LogP contribution in [0.3, 0.4) is 0 Å². The molecule has 28 heavy (non-hydrogen) atoms. The van der Waals surface area contributed by atoms with Crippen molar-refractivity contribution in [2.45, 2.75) is 70.7 Å². The summed E-state index contributed by atoms with van der Waals surface area (Å²) in [6.07, 6.45) is 3.23. The van der Waals surface area contributed by atoms with Crippen LogP contribution in [0, 0.1) is 12.8 Å². The van der Waals surface area contributed by atoms with E-state index in [0.717, 1.165) is 41.7 Å². The van der Waals surface area contributed by atoms with E-state index in [0.29, 0.717) is 31.8 Å². The molecule has 6 nitrogen and oxygen atoms in total. The van der Waals surface area contributed by atoms with Crippen molar-refractivity contribution in [1.82, 2.24) is 14.9 Å². The van der Waals surface area contributed by atoms with Crippen LogP contribution in [0.4, 0.5) is 0 Å². The number of hydrogen-bond acceptors (Lipinski definition) is 4. The number of imidazole rings is 1. The first-order valence-electron chi connectivity index (χ1n) is 10.4. The Morgan fingerprint density at radius 2 is 2.14 bits per heavy atom. The molecule has 6 heteroatoms. The Morgan fingerprint density at radius 3 is 2.86 bits per heavy atom.